The maximum atomic E-state index is 12.6. The Morgan fingerprint density at radius 2 is 2.26 bits per heavy atom. The van der Waals surface area contributed by atoms with Crippen LogP contribution >= 0.6 is 0 Å². The summed E-state index contributed by atoms with van der Waals surface area (Å²) >= 11 is 0. The first kappa shape index (κ1) is 13.8. The Labute approximate surface area is 114 Å². The molecule has 1 fully saturated rings. The van der Waals surface area contributed by atoms with Gasteiger partial charge in [0, 0.05) is 38.1 Å². The van der Waals surface area contributed by atoms with E-state index < -0.39 is 0 Å². The number of aromatic nitrogens is 1. The van der Waals surface area contributed by atoms with Gasteiger partial charge in [0.25, 0.3) is 5.91 Å². The highest BCUT2D eigenvalue weighted by molar-refractivity contribution is 5.93. The second kappa shape index (κ2) is 6.02. The molecule has 0 radical (unpaired) electrons. The Balaban J connectivity index is 2.17. The summed E-state index contributed by atoms with van der Waals surface area (Å²) in [6, 6.07) is 3.89. The molecular weight excluding hydrogens is 240 g/mol. The lowest BCUT2D eigenvalue weighted by atomic mass is 10.2. The standard InChI is InChI=1S/C14H22N4O/c1-11-10-17(3)7-4-8-18(11)14(19)13-9-12(15-2)5-6-16-13/h5-6,9,11H,4,7-8,10H2,1-3H3,(H,15,16). The predicted octanol–water partition coefficient (Wildman–Crippen LogP) is 1.29. The van der Waals surface area contributed by atoms with Gasteiger partial charge in [-0.15, -0.1) is 0 Å². The zero-order valence-electron chi connectivity index (χ0n) is 11.9. The third kappa shape index (κ3) is 3.23. The number of carbonyl (C=O) groups is 1. The van der Waals surface area contributed by atoms with E-state index in [4.69, 9.17) is 0 Å². The molecule has 1 saturated heterocycles. The summed E-state index contributed by atoms with van der Waals surface area (Å²) in [7, 11) is 3.94. The third-order valence-corrected chi connectivity index (χ3v) is 3.58. The summed E-state index contributed by atoms with van der Waals surface area (Å²) in [6.07, 6.45) is 2.69. The lowest BCUT2D eigenvalue weighted by Crippen LogP contribution is -2.42. The van der Waals surface area contributed by atoms with Gasteiger partial charge in [0.15, 0.2) is 0 Å². The van der Waals surface area contributed by atoms with Gasteiger partial charge in [0.2, 0.25) is 0 Å². The van der Waals surface area contributed by atoms with E-state index in [-0.39, 0.29) is 11.9 Å². The fourth-order valence-electron chi connectivity index (χ4n) is 2.52. The van der Waals surface area contributed by atoms with Crippen molar-refractivity contribution in [3.8, 4) is 0 Å². The minimum absolute atomic E-state index is 0.0277. The molecule has 2 heterocycles. The van der Waals surface area contributed by atoms with Crippen molar-refractivity contribution in [3.05, 3.63) is 24.0 Å². The summed E-state index contributed by atoms with van der Waals surface area (Å²) in [5.41, 5.74) is 1.43. The molecule has 1 amide bonds. The Morgan fingerprint density at radius 1 is 1.47 bits per heavy atom. The summed E-state index contributed by atoms with van der Waals surface area (Å²) < 4.78 is 0. The molecule has 0 aliphatic carbocycles. The van der Waals surface area contributed by atoms with E-state index >= 15 is 0 Å². The first-order valence-corrected chi connectivity index (χ1v) is 6.75. The average Bonchev–Trinajstić information content (AvgIpc) is 2.58. The second-order valence-electron chi connectivity index (χ2n) is 5.14. The number of anilines is 1. The normalized spacial score (nSPS) is 21.0. The number of nitrogens with one attached hydrogen (secondary N) is 1. The fraction of sp³-hybridized carbons (Fsp3) is 0.571. The molecule has 1 aliphatic rings. The van der Waals surface area contributed by atoms with Gasteiger partial charge in [-0.2, -0.15) is 0 Å². The molecule has 2 rings (SSSR count). The van der Waals surface area contributed by atoms with Gasteiger partial charge in [-0.3, -0.25) is 9.78 Å². The van der Waals surface area contributed by atoms with Crippen molar-refractivity contribution in [2.45, 2.75) is 19.4 Å². The molecule has 1 aromatic heterocycles. The summed E-state index contributed by atoms with van der Waals surface area (Å²) in [5, 5.41) is 3.04. The molecule has 0 bridgehead atoms. The first-order valence-electron chi connectivity index (χ1n) is 6.75. The smallest absolute Gasteiger partial charge is 0.272 e. The van der Waals surface area contributed by atoms with Crippen LogP contribution in [0.5, 0.6) is 0 Å². The lowest BCUT2D eigenvalue weighted by Gasteiger charge is -2.27. The molecule has 1 N–H and O–H groups in total. The molecule has 104 valence electrons. The van der Waals surface area contributed by atoms with Crippen molar-refractivity contribution in [2.24, 2.45) is 0 Å². The Bertz CT molecular complexity index is 449. The van der Waals surface area contributed by atoms with Crippen molar-refractivity contribution in [1.82, 2.24) is 14.8 Å². The molecule has 0 spiro atoms. The van der Waals surface area contributed by atoms with Crippen LogP contribution in [-0.4, -0.2) is 60.5 Å². The highest BCUT2D eigenvalue weighted by Crippen LogP contribution is 2.14. The molecular formula is C14H22N4O. The van der Waals surface area contributed by atoms with Crippen LogP contribution in [0.1, 0.15) is 23.8 Å². The van der Waals surface area contributed by atoms with Crippen LogP contribution in [0.2, 0.25) is 0 Å². The Morgan fingerprint density at radius 3 is 3.00 bits per heavy atom. The van der Waals surface area contributed by atoms with Crippen molar-refractivity contribution in [3.63, 3.8) is 0 Å². The molecule has 19 heavy (non-hydrogen) atoms. The maximum absolute atomic E-state index is 12.6. The topological polar surface area (TPSA) is 48.5 Å². The van der Waals surface area contributed by atoms with Crippen molar-refractivity contribution in [2.75, 3.05) is 39.0 Å². The van der Waals surface area contributed by atoms with E-state index in [9.17, 15) is 4.79 Å². The van der Waals surface area contributed by atoms with E-state index in [0.717, 1.165) is 31.7 Å². The summed E-state index contributed by atoms with van der Waals surface area (Å²) in [4.78, 5) is 21.0. The van der Waals surface area contributed by atoms with Gasteiger partial charge < -0.3 is 15.1 Å². The predicted molar refractivity (Wildman–Crippen MR) is 76.4 cm³/mol. The maximum Gasteiger partial charge on any atom is 0.272 e. The van der Waals surface area contributed by atoms with Crippen LogP contribution in [0, 0.1) is 0 Å². The molecule has 1 atom stereocenters. The van der Waals surface area contributed by atoms with Gasteiger partial charge in [-0.05, 0) is 39.1 Å². The van der Waals surface area contributed by atoms with E-state index in [1.807, 2.05) is 24.1 Å². The molecule has 1 aliphatic heterocycles. The summed E-state index contributed by atoms with van der Waals surface area (Å²) in [6.45, 7) is 4.85. The molecule has 1 aromatic rings. The minimum Gasteiger partial charge on any atom is -0.388 e. The number of rotatable bonds is 2. The van der Waals surface area contributed by atoms with Crippen LogP contribution in [0.3, 0.4) is 0 Å². The van der Waals surface area contributed by atoms with Gasteiger partial charge in [-0.25, -0.2) is 0 Å². The number of hydrogen-bond acceptors (Lipinski definition) is 4. The zero-order chi connectivity index (χ0) is 13.8. The SMILES string of the molecule is CNc1ccnc(C(=O)N2CCCN(C)CC2C)c1. The Kier molecular flexibility index (Phi) is 4.37. The van der Waals surface area contributed by atoms with Crippen LogP contribution in [0.4, 0.5) is 5.69 Å². The third-order valence-electron chi connectivity index (χ3n) is 3.58. The number of nitrogens with zero attached hydrogens (tertiary/aromatic N) is 3. The Hall–Kier alpha value is -1.62. The summed E-state index contributed by atoms with van der Waals surface area (Å²) in [5.74, 6) is 0.0277. The van der Waals surface area contributed by atoms with Gasteiger partial charge in [-0.1, -0.05) is 0 Å². The number of hydrogen-bond donors (Lipinski definition) is 1. The molecule has 0 aromatic carbocycles. The quantitative estimate of drug-likeness (QED) is 0.872. The highest BCUT2D eigenvalue weighted by atomic mass is 16.2. The lowest BCUT2D eigenvalue weighted by molar-refractivity contribution is 0.0690. The minimum atomic E-state index is 0.0277. The molecule has 5 nitrogen and oxygen atoms in total. The molecule has 1 unspecified atom stereocenters. The largest absolute Gasteiger partial charge is 0.388 e. The number of likely N-dealkylation sites (N-methyl/N-ethyl adjacent to an activating group) is 1. The van der Waals surface area contributed by atoms with Crippen LogP contribution in [0.15, 0.2) is 18.3 Å². The van der Waals surface area contributed by atoms with E-state index in [1.54, 1.807) is 6.20 Å². The van der Waals surface area contributed by atoms with Crippen molar-refractivity contribution < 1.29 is 4.79 Å². The zero-order valence-corrected chi connectivity index (χ0v) is 11.9. The van der Waals surface area contributed by atoms with Gasteiger partial charge in [0.05, 0.1) is 0 Å². The van der Waals surface area contributed by atoms with E-state index in [1.165, 1.54) is 0 Å². The van der Waals surface area contributed by atoms with Gasteiger partial charge >= 0.3 is 0 Å². The fourth-order valence-corrected chi connectivity index (χ4v) is 2.52. The number of pyridine rings is 1. The van der Waals surface area contributed by atoms with E-state index in [2.05, 4.69) is 29.2 Å². The second-order valence-corrected chi connectivity index (χ2v) is 5.14. The monoisotopic (exact) mass is 262 g/mol. The molecule has 0 saturated carbocycles. The van der Waals surface area contributed by atoms with Crippen LogP contribution in [-0.2, 0) is 0 Å². The number of amides is 1. The van der Waals surface area contributed by atoms with Crippen LogP contribution in [0.25, 0.3) is 0 Å². The number of carbonyl (C=O) groups excluding carboxylic acids is 1. The van der Waals surface area contributed by atoms with Crippen LogP contribution < -0.4 is 5.32 Å². The first-order chi connectivity index (χ1) is 9.11. The average molecular weight is 262 g/mol. The van der Waals surface area contributed by atoms with Gasteiger partial charge in [0.1, 0.15) is 5.69 Å². The highest BCUT2D eigenvalue weighted by Gasteiger charge is 2.25. The van der Waals surface area contributed by atoms with E-state index in [0.29, 0.717) is 5.69 Å². The van der Waals surface area contributed by atoms with Crippen molar-refractivity contribution >= 4 is 11.6 Å². The molecule has 5 heteroatoms. The van der Waals surface area contributed by atoms with Crippen molar-refractivity contribution in [1.29, 1.82) is 0 Å².